The molecular formula is C17H18ClN3. The second-order valence-electron chi connectivity index (χ2n) is 5.23. The lowest BCUT2D eigenvalue weighted by Crippen LogP contribution is -2.20. The first-order valence-corrected chi connectivity index (χ1v) is 7.42. The van der Waals surface area contributed by atoms with E-state index in [-0.39, 0.29) is 6.04 Å². The summed E-state index contributed by atoms with van der Waals surface area (Å²) in [6, 6.07) is 14.6. The van der Waals surface area contributed by atoms with E-state index in [2.05, 4.69) is 41.6 Å². The van der Waals surface area contributed by atoms with E-state index in [0.29, 0.717) is 0 Å². The van der Waals surface area contributed by atoms with Gasteiger partial charge in [-0.1, -0.05) is 41.9 Å². The third kappa shape index (κ3) is 2.80. The van der Waals surface area contributed by atoms with Gasteiger partial charge in [0, 0.05) is 36.2 Å². The lowest BCUT2D eigenvalue weighted by Gasteiger charge is -2.17. The van der Waals surface area contributed by atoms with Crippen molar-refractivity contribution in [1.29, 1.82) is 0 Å². The van der Waals surface area contributed by atoms with Crippen molar-refractivity contribution in [2.75, 3.05) is 0 Å². The SMILES string of the molecule is C[C@H](NCc1ccnn1C)c1ccc(Cl)c2ccccc12. The van der Waals surface area contributed by atoms with Gasteiger partial charge in [0.1, 0.15) is 0 Å². The Hall–Kier alpha value is -1.84. The topological polar surface area (TPSA) is 29.9 Å². The van der Waals surface area contributed by atoms with Gasteiger partial charge in [0.15, 0.2) is 0 Å². The first-order chi connectivity index (χ1) is 10.2. The number of hydrogen-bond acceptors (Lipinski definition) is 2. The van der Waals surface area contributed by atoms with Crippen LogP contribution in [0.4, 0.5) is 0 Å². The fraction of sp³-hybridized carbons (Fsp3) is 0.235. The molecule has 1 N–H and O–H groups in total. The summed E-state index contributed by atoms with van der Waals surface area (Å²) >= 11 is 6.28. The van der Waals surface area contributed by atoms with Crippen LogP contribution in [0.2, 0.25) is 5.02 Å². The van der Waals surface area contributed by atoms with Crippen molar-refractivity contribution in [3.8, 4) is 0 Å². The van der Waals surface area contributed by atoms with E-state index in [9.17, 15) is 0 Å². The molecule has 1 aromatic heterocycles. The van der Waals surface area contributed by atoms with Crippen LogP contribution in [0.1, 0.15) is 24.2 Å². The molecule has 108 valence electrons. The number of hydrogen-bond donors (Lipinski definition) is 1. The zero-order chi connectivity index (χ0) is 14.8. The second kappa shape index (κ2) is 5.88. The van der Waals surface area contributed by atoms with Crippen molar-refractivity contribution in [2.24, 2.45) is 7.05 Å². The number of benzene rings is 2. The summed E-state index contributed by atoms with van der Waals surface area (Å²) in [5.41, 5.74) is 2.43. The standard InChI is InChI=1S/C17H18ClN3/c1-12(19-11-13-9-10-20-21(13)2)14-7-8-17(18)16-6-4-3-5-15(14)16/h3-10,12,19H,11H2,1-2H3/t12-/m0/s1. The normalized spacial score (nSPS) is 12.7. The zero-order valence-electron chi connectivity index (χ0n) is 12.2. The highest BCUT2D eigenvalue weighted by Crippen LogP contribution is 2.29. The Morgan fingerprint density at radius 3 is 2.62 bits per heavy atom. The number of fused-ring (bicyclic) bond motifs is 1. The highest BCUT2D eigenvalue weighted by molar-refractivity contribution is 6.35. The summed E-state index contributed by atoms with van der Waals surface area (Å²) < 4.78 is 1.89. The van der Waals surface area contributed by atoms with Crippen LogP contribution >= 0.6 is 11.6 Å². The molecule has 1 heterocycles. The molecule has 0 unspecified atom stereocenters. The predicted molar refractivity (Wildman–Crippen MR) is 87.4 cm³/mol. The molecule has 21 heavy (non-hydrogen) atoms. The van der Waals surface area contributed by atoms with Crippen LogP contribution in [0.25, 0.3) is 10.8 Å². The lowest BCUT2D eigenvalue weighted by molar-refractivity contribution is 0.551. The van der Waals surface area contributed by atoms with Crippen LogP contribution in [0.15, 0.2) is 48.7 Å². The van der Waals surface area contributed by atoms with Crippen LogP contribution in [-0.4, -0.2) is 9.78 Å². The molecule has 0 spiro atoms. The molecule has 0 saturated carbocycles. The fourth-order valence-electron chi connectivity index (χ4n) is 2.61. The Morgan fingerprint density at radius 2 is 1.90 bits per heavy atom. The van der Waals surface area contributed by atoms with Crippen LogP contribution in [0.3, 0.4) is 0 Å². The van der Waals surface area contributed by atoms with Gasteiger partial charge >= 0.3 is 0 Å². The van der Waals surface area contributed by atoms with Crippen molar-refractivity contribution >= 4 is 22.4 Å². The number of nitrogens with zero attached hydrogens (tertiary/aromatic N) is 2. The summed E-state index contributed by atoms with van der Waals surface area (Å²) in [6.07, 6.45) is 1.82. The molecule has 2 aromatic carbocycles. The molecule has 3 aromatic rings. The fourth-order valence-corrected chi connectivity index (χ4v) is 2.83. The number of nitrogens with one attached hydrogen (secondary N) is 1. The molecule has 4 heteroatoms. The molecule has 0 amide bonds. The Bertz CT molecular complexity index is 764. The average Bonchev–Trinajstić information content (AvgIpc) is 2.91. The van der Waals surface area contributed by atoms with Crippen molar-refractivity contribution in [3.63, 3.8) is 0 Å². The monoisotopic (exact) mass is 299 g/mol. The molecule has 3 nitrogen and oxygen atoms in total. The number of aryl methyl sites for hydroxylation is 1. The molecule has 0 aliphatic carbocycles. The van der Waals surface area contributed by atoms with Gasteiger partial charge in [-0.05, 0) is 30.0 Å². The maximum atomic E-state index is 6.28. The summed E-state index contributed by atoms with van der Waals surface area (Å²) in [5.74, 6) is 0. The summed E-state index contributed by atoms with van der Waals surface area (Å²) in [5, 5.41) is 10.8. The molecule has 0 bridgehead atoms. The Morgan fingerprint density at radius 1 is 1.14 bits per heavy atom. The molecule has 0 fully saturated rings. The maximum Gasteiger partial charge on any atom is 0.0518 e. The van der Waals surface area contributed by atoms with Gasteiger partial charge in [-0.2, -0.15) is 5.10 Å². The first kappa shape index (κ1) is 14.1. The van der Waals surface area contributed by atoms with Crippen molar-refractivity contribution in [1.82, 2.24) is 15.1 Å². The van der Waals surface area contributed by atoms with Crippen LogP contribution in [-0.2, 0) is 13.6 Å². The van der Waals surface area contributed by atoms with Gasteiger partial charge in [-0.15, -0.1) is 0 Å². The highest BCUT2D eigenvalue weighted by Gasteiger charge is 2.11. The molecule has 3 rings (SSSR count). The van der Waals surface area contributed by atoms with E-state index in [1.165, 1.54) is 16.6 Å². The van der Waals surface area contributed by atoms with Crippen molar-refractivity contribution in [2.45, 2.75) is 19.5 Å². The number of rotatable bonds is 4. The second-order valence-corrected chi connectivity index (χ2v) is 5.64. The highest BCUT2D eigenvalue weighted by atomic mass is 35.5. The van der Waals surface area contributed by atoms with E-state index < -0.39 is 0 Å². The Kier molecular flexibility index (Phi) is 3.95. The third-order valence-electron chi connectivity index (χ3n) is 3.88. The minimum Gasteiger partial charge on any atom is -0.305 e. The largest absolute Gasteiger partial charge is 0.305 e. The molecule has 0 radical (unpaired) electrons. The quantitative estimate of drug-likeness (QED) is 0.787. The van der Waals surface area contributed by atoms with Crippen LogP contribution < -0.4 is 5.32 Å². The smallest absolute Gasteiger partial charge is 0.0518 e. The molecule has 0 aliphatic heterocycles. The van der Waals surface area contributed by atoms with Crippen molar-refractivity contribution < 1.29 is 0 Å². The lowest BCUT2D eigenvalue weighted by atomic mass is 9.99. The van der Waals surface area contributed by atoms with Gasteiger partial charge in [-0.25, -0.2) is 0 Å². The third-order valence-corrected chi connectivity index (χ3v) is 4.21. The zero-order valence-corrected chi connectivity index (χ0v) is 12.9. The summed E-state index contributed by atoms with van der Waals surface area (Å²) in [6.45, 7) is 2.96. The van der Waals surface area contributed by atoms with Crippen molar-refractivity contribution in [3.05, 3.63) is 64.9 Å². The predicted octanol–water partition coefficient (Wildman–Crippen LogP) is 4.08. The van der Waals surface area contributed by atoms with Crippen LogP contribution in [0, 0.1) is 0 Å². The molecule has 0 saturated heterocycles. The molecule has 0 aliphatic rings. The van der Waals surface area contributed by atoms with Gasteiger partial charge in [0.05, 0.1) is 5.69 Å². The van der Waals surface area contributed by atoms with E-state index in [4.69, 9.17) is 11.6 Å². The van der Waals surface area contributed by atoms with E-state index in [1.54, 1.807) is 0 Å². The first-order valence-electron chi connectivity index (χ1n) is 7.04. The van der Waals surface area contributed by atoms with Gasteiger partial charge in [-0.3, -0.25) is 4.68 Å². The number of halogens is 1. The molecular weight excluding hydrogens is 282 g/mol. The summed E-state index contributed by atoms with van der Waals surface area (Å²) in [4.78, 5) is 0. The van der Waals surface area contributed by atoms with E-state index in [1.807, 2.05) is 36.1 Å². The minimum atomic E-state index is 0.238. The average molecular weight is 300 g/mol. The summed E-state index contributed by atoms with van der Waals surface area (Å²) in [7, 11) is 1.96. The minimum absolute atomic E-state index is 0.238. The van der Waals surface area contributed by atoms with Gasteiger partial charge in [0.2, 0.25) is 0 Å². The number of aromatic nitrogens is 2. The van der Waals surface area contributed by atoms with Gasteiger partial charge < -0.3 is 5.32 Å². The Labute approximate surface area is 129 Å². The Balaban J connectivity index is 1.86. The van der Waals surface area contributed by atoms with Gasteiger partial charge in [0.25, 0.3) is 0 Å². The maximum absolute atomic E-state index is 6.28. The van der Waals surface area contributed by atoms with Crippen LogP contribution in [0.5, 0.6) is 0 Å². The molecule has 1 atom stereocenters. The van der Waals surface area contributed by atoms with E-state index in [0.717, 1.165) is 17.0 Å². The van der Waals surface area contributed by atoms with E-state index >= 15 is 0 Å².